The Morgan fingerprint density at radius 3 is 2.59 bits per heavy atom. The van der Waals surface area contributed by atoms with Crippen molar-refractivity contribution in [2.24, 2.45) is 0 Å². The number of thiophene rings is 1. The quantitative estimate of drug-likeness (QED) is 0.310. The molecule has 1 N–H and O–H groups in total. The van der Waals surface area contributed by atoms with Crippen molar-refractivity contribution in [2.45, 2.75) is 39.2 Å². The van der Waals surface area contributed by atoms with Crippen LogP contribution in [-0.2, 0) is 21.5 Å². The van der Waals surface area contributed by atoms with E-state index in [4.69, 9.17) is 8.92 Å². The Hall–Kier alpha value is -3.50. The first-order valence-corrected chi connectivity index (χ1v) is 12.6. The summed E-state index contributed by atoms with van der Waals surface area (Å²) in [6.07, 6.45) is 0. The number of benzene rings is 2. The van der Waals surface area contributed by atoms with Gasteiger partial charge in [0.1, 0.15) is 27.7 Å². The number of H-pyrrole nitrogens is 1. The van der Waals surface area contributed by atoms with Crippen LogP contribution in [-0.4, -0.2) is 24.4 Å². The number of nitrogens with zero attached hydrogens (tertiary/aromatic N) is 1. The van der Waals surface area contributed by atoms with E-state index >= 15 is 0 Å². The summed E-state index contributed by atoms with van der Waals surface area (Å²) < 4.78 is 36.4. The van der Waals surface area contributed by atoms with Crippen LogP contribution in [0.3, 0.4) is 0 Å². The molecule has 0 saturated carbocycles. The monoisotopic (exact) mass is 498 g/mol. The molecule has 0 saturated heterocycles. The molecule has 0 radical (unpaired) electrons. The molecule has 0 spiro atoms. The summed E-state index contributed by atoms with van der Waals surface area (Å²) in [6.45, 7) is 6.91. The Bertz CT molecular complexity index is 1590. The number of hydrogen-bond donors (Lipinski definition) is 1. The molecule has 0 atom stereocenters. The Labute approximate surface area is 200 Å². The number of esters is 1. The van der Waals surface area contributed by atoms with E-state index in [9.17, 15) is 18.0 Å². The summed E-state index contributed by atoms with van der Waals surface area (Å²) in [6, 6.07) is 10.9. The molecule has 0 amide bonds. The first-order valence-electron chi connectivity index (χ1n) is 10.3. The molecule has 4 rings (SSSR count). The normalized spacial score (nSPS) is 11.5. The number of aromatic nitrogens is 2. The van der Waals surface area contributed by atoms with Gasteiger partial charge >= 0.3 is 16.1 Å². The van der Waals surface area contributed by atoms with Crippen molar-refractivity contribution in [1.82, 2.24) is 9.97 Å². The number of ether oxygens (including phenoxy) is 1. The van der Waals surface area contributed by atoms with E-state index in [0.717, 1.165) is 16.0 Å². The molecule has 34 heavy (non-hydrogen) atoms. The van der Waals surface area contributed by atoms with Crippen LogP contribution in [0.25, 0.3) is 10.2 Å². The SMILES string of the molecule is Cc1ccc(C)c(S(=O)(=O)Oc2ccccc2C(=O)OCc2nc3sc(C)c(C)c3c(=O)[nH]2)c1. The number of carbonyl (C=O) groups excluding carboxylic acids is 1. The average Bonchev–Trinajstić information content (AvgIpc) is 3.07. The van der Waals surface area contributed by atoms with E-state index < -0.39 is 16.1 Å². The van der Waals surface area contributed by atoms with Gasteiger partial charge in [0.05, 0.1) is 5.39 Å². The van der Waals surface area contributed by atoms with Crippen LogP contribution >= 0.6 is 11.3 Å². The first kappa shape index (κ1) is 23.7. The van der Waals surface area contributed by atoms with Crippen LogP contribution in [0.4, 0.5) is 0 Å². The van der Waals surface area contributed by atoms with Gasteiger partial charge < -0.3 is 13.9 Å². The Kier molecular flexibility index (Phi) is 6.28. The number of nitrogens with one attached hydrogen (secondary N) is 1. The number of aromatic amines is 1. The highest BCUT2D eigenvalue weighted by Crippen LogP contribution is 2.27. The van der Waals surface area contributed by atoms with Crippen LogP contribution in [0.1, 0.15) is 37.7 Å². The lowest BCUT2D eigenvalue weighted by Gasteiger charge is -2.13. The predicted molar refractivity (Wildman–Crippen MR) is 129 cm³/mol. The van der Waals surface area contributed by atoms with E-state index in [-0.39, 0.29) is 34.2 Å². The van der Waals surface area contributed by atoms with Crippen molar-refractivity contribution in [1.29, 1.82) is 0 Å². The van der Waals surface area contributed by atoms with Gasteiger partial charge in [0.25, 0.3) is 5.56 Å². The van der Waals surface area contributed by atoms with Crippen LogP contribution in [0.2, 0.25) is 0 Å². The number of aryl methyl sites for hydroxylation is 4. The maximum atomic E-state index is 12.9. The first-order chi connectivity index (χ1) is 16.1. The van der Waals surface area contributed by atoms with Gasteiger partial charge in [0, 0.05) is 4.88 Å². The zero-order valence-corrected chi connectivity index (χ0v) is 20.6. The van der Waals surface area contributed by atoms with Gasteiger partial charge in [0.15, 0.2) is 5.75 Å². The minimum Gasteiger partial charge on any atom is -0.454 e. The average molecular weight is 499 g/mol. The minimum absolute atomic E-state index is 0.0206. The highest BCUT2D eigenvalue weighted by Gasteiger charge is 2.24. The maximum Gasteiger partial charge on any atom is 0.342 e. The molecule has 2 aromatic heterocycles. The van der Waals surface area contributed by atoms with Crippen LogP contribution in [0.15, 0.2) is 52.2 Å². The predicted octanol–water partition coefficient (Wildman–Crippen LogP) is 4.34. The number of rotatable bonds is 6. The molecule has 8 nitrogen and oxygen atoms in total. The van der Waals surface area contributed by atoms with Gasteiger partial charge in [-0.3, -0.25) is 4.79 Å². The third kappa shape index (κ3) is 4.59. The zero-order chi connectivity index (χ0) is 24.6. The van der Waals surface area contributed by atoms with E-state index in [2.05, 4.69) is 9.97 Å². The second kappa shape index (κ2) is 9.03. The van der Waals surface area contributed by atoms with Gasteiger partial charge in [0.2, 0.25) is 0 Å². The summed E-state index contributed by atoms with van der Waals surface area (Å²) in [5, 5.41) is 0.521. The number of hydrogen-bond acceptors (Lipinski definition) is 8. The molecular formula is C24H22N2O6S2. The third-order valence-electron chi connectivity index (χ3n) is 5.35. The molecular weight excluding hydrogens is 476 g/mol. The largest absolute Gasteiger partial charge is 0.454 e. The molecule has 10 heteroatoms. The van der Waals surface area contributed by atoms with Crippen molar-refractivity contribution in [3.05, 3.63) is 85.8 Å². The fourth-order valence-electron chi connectivity index (χ4n) is 3.43. The molecule has 2 heterocycles. The van der Waals surface area contributed by atoms with E-state index in [1.807, 2.05) is 13.8 Å². The van der Waals surface area contributed by atoms with E-state index in [0.29, 0.717) is 15.8 Å². The Morgan fingerprint density at radius 1 is 1.09 bits per heavy atom. The van der Waals surface area contributed by atoms with Gasteiger partial charge in [-0.25, -0.2) is 9.78 Å². The molecule has 0 aliphatic heterocycles. The van der Waals surface area contributed by atoms with Gasteiger partial charge in [-0.05, 0) is 62.6 Å². The topological polar surface area (TPSA) is 115 Å². The number of para-hydroxylation sites is 1. The molecule has 4 aromatic rings. The Morgan fingerprint density at radius 2 is 1.82 bits per heavy atom. The summed E-state index contributed by atoms with van der Waals surface area (Å²) in [4.78, 5) is 33.8. The van der Waals surface area contributed by atoms with Crippen LogP contribution in [0, 0.1) is 27.7 Å². The molecule has 0 aliphatic carbocycles. The summed E-state index contributed by atoms with van der Waals surface area (Å²) in [5.74, 6) is -0.781. The van der Waals surface area contributed by atoms with Gasteiger partial charge in [-0.1, -0.05) is 24.3 Å². The van der Waals surface area contributed by atoms with Gasteiger partial charge in [-0.2, -0.15) is 8.42 Å². The summed E-state index contributed by atoms with van der Waals surface area (Å²) in [7, 11) is -4.19. The molecule has 0 bridgehead atoms. The van der Waals surface area contributed by atoms with Crippen LogP contribution in [0.5, 0.6) is 5.75 Å². The molecule has 0 fully saturated rings. The van der Waals surface area contributed by atoms with Crippen molar-refractivity contribution >= 4 is 37.6 Å². The fraction of sp³-hybridized carbons (Fsp3) is 0.208. The van der Waals surface area contributed by atoms with Crippen molar-refractivity contribution in [3.63, 3.8) is 0 Å². The lowest BCUT2D eigenvalue weighted by molar-refractivity contribution is 0.0460. The van der Waals surface area contributed by atoms with Crippen molar-refractivity contribution in [2.75, 3.05) is 0 Å². The van der Waals surface area contributed by atoms with Gasteiger partial charge in [-0.15, -0.1) is 11.3 Å². The highest BCUT2D eigenvalue weighted by molar-refractivity contribution is 7.87. The lowest BCUT2D eigenvalue weighted by Crippen LogP contribution is -2.16. The molecule has 176 valence electrons. The number of carbonyl (C=O) groups is 1. The highest BCUT2D eigenvalue weighted by atomic mass is 32.2. The lowest BCUT2D eigenvalue weighted by atomic mass is 10.2. The number of fused-ring (bicyclic) bond motifs is 1. The maximum absolute atomic E-state index is 12.9. The fourth-order valence-corrected chi connectivity index (χ4v) is 5.74. The Balaban J connectivity index is 1.57. The molecule has 0 unspecified atom stereocenters. The standard InChI is InChI=1S/C24H22N2O6S2/c1-13-9-10-14(2)19(11-13)34(29,30)32-18-8-6-5-7-17(18)24(28)31-12-20-25-22(27)21-15(3)16(4)33-23(21)26-20/h5-11H,12H2,1-4H3,(H,25,26,27). The smallest absolute Gasteiger partial charge is 0.342 e. The van der Waals surface area contributed by atoms with Crippen molar-refractivity contribution < 1.29 is 22.1 Å². The minimum atomic E-state index is -4.19. The van der Waals surface area contributed by atoms with E-state index in [1.54, 1.807) is 38.1 Å². The molecule has 0 aliphatic rings. The van der Waals surface area contributed by atoms with Crippen molar-refractivity contribution in [3.8, 4) is 5.75 Å². The summed E-state index contributed by atoms with van der Waals surface area (Å²) in [5.41, 5.74) is 1.78. The van der Waals surface area contributed by atoms with Crippen LogP contribution < -0.4 is 9.74 Å². The molecule has 2 aromatic carbocycles. The van der Waals surface area contributed by atoms with E-state index in [1.165, 1.54) is 29.5 Å². The second-order valence-corrected chi connectivity index (χ2v) is 10.6. The zero-order valence-electron chi connectivity index (χ0n) is 19.0. The third-order valence-corrected chi connectivity index (χ3v) is 7.83. The summed E-state index contributed by atoms with van der Waals surface area (Å²) >= 11 is 1.39. The second-order valence-electron chi connectivity index (χ2n) is 7.85.